The first-order valence-electron chi connectivity index (χ1n) is 8.40. The fourth-order valence-electron chi connectivity index (χ4n) is 3.00. The molecular weight excluding hydrogens is 324 g/mol. The molecule has 2 heterocycles. The highest BCUT2D eigenvalue weighted by molar-refractivity contribution is 6.30. The van der Waals surface area contributed by atoms with Crippen LogP contribution in [0.25, 0.3) is 0 Å². The summed E-state index contributed by atoms with van der Waals surface area (Å²) >= 11 is 6.55. The molecule has 6 heteroatoms. The molecule has 24 heavy (non-hydrogen) atoms. The van der Waals surface area contributed by atoms with Crippen LogP contribution in [-0.2, 0) is 17.8 Å². The van der Waals surface area contributed by atoms with Crippen molar-refractivity contribution in [1.82, 2.24) is 20.0 Å². The molecule has 2 aromatic rings. The summed E-state index contributed by atoms with van der Waals surface area (Å²) in [6.07, 6.45) is 0.238. The molecule has 1 N–H and O–H groups in total. The maximum atomic E-state index is 6.55. The topological polar surface area (TPSA) is 42.3 Å². The normalized spacial score (nSPS) is 18.9. The molecule has 1 aromatic heterocycles. The van der Waals surface area contributed by atoms with Crippen molar-refractivity contribution in [2.24, 2.45) is 0 Å². The van der Waals surface area contributed by atoms with Crippen LogP contribution in [0.15, 0.2) is 30.3 Å². The predicted molar refractivity (Wildman–Crippen MR) is 96.5 cm³/mol. The third kappa shape index (κ3) is 4.36. The number of nitrogens with one attached hydrogen (secondary N) is 1. The minimum atomic E-state index is 0.238. The monoisotopic (exact) mass is 348 g/mol. The Hall–Kier alpha value is -1.40. The maximum absolute atomic E-state index is 6.55. The van der Waals surface area contributed by atoms with E-state index < -0.39 is 0 Å². The van der Waals surface area contributed by atoms with Gasteiger partial charge in [0, 0.05) is 31.7 Å². The molecular formula is C18H25ClN4O. The number of hydrogen-bond donors (Lipinski definition) is 1. The van der Waals surface area contributed by atoms with Gasteiger partial charge < -0.3 is 15.0 Å². The Balaban J connectivity index is 1.58. The molecule has 0 amide bonds. The molecule has 3 rings (SSSR count). The number of rotatable bonds is 6. The van der Waals surface area contributed by atoms with Crippen LogP contribution in [0.3, 0.4) is 0 Å². The lowest BCUT2D eigenvalue weighted by Crippen LogP contribution is -2.44. The van der Waals surface area contributed by atoms with Crippen LogP contribution in [0.5, 0.6) is 0 Å². The number of ether oxygens (including phenoxy) is 1. The van der Waals surface area contributed by atoms with Gasteiger partial charge in [0.1, 0.15) is 5.15 Å². The quantitative estimate of drug-likeness (QED) is 0.870. The number of aromatic nitrogens is 2. The van der Waals surface area contributed by atoms with Crippen LogP contribution in [0, 0.1) is 6.92 Å². The highest BCUT2D eigenvalue weighted by Gasteiger charge is 2.18. The van der Waals surface area contributed by atoms with Gasteiger partial charge in [-0.1, -0.05) is 41.9 Å². The zero-order valence-corrected chi connectivity index (χ0v) is 15.1. The molecule has 0 aliphatic carbocycles. The Morgan fingerprint density at radius 1 is 1.33 bits per heavy atom. The van der Waals surface area contributed by atoms with Gasteiger partial charge in [-0.05, 0) is 19.5 Å². The van der Waals surface area contributed by atoms with Gasteiger partial charge in [-0.15, -0.1) is 0 Å². The van der Waals surface area contributed by atoms with Crippen LogP contribution in [0.2, 0.25) is 5.15 Å². The Morgan fingerprint density at radius 3 is 2.88 bits per heavy atom. The first-order chi connectivity index (χ1) is 11.6. The number of halogens is 1. The molecule has 1 fully saturated rings. The zero-order chi connectivity index (χ0) is 16.9. The maximum Gasteiger partial charge on any atom is 0.132 e. The molecule has 0 bridgehead atoms. The second kappa shape index (κ2) is 8.12. The van der Waals surface area contributed by atoms with Gasteiger partial charge in [-0.25, -0.2) is 4.68 Å². The highest BCUT2D eigenvalue weighted by Crippen LogP contribution is 2.20. The van der Waals surface area contributed by atoms with Crippen LogP contribution in [0.4, 0.5) is 0 Å². The van der Waals surface area contributed by atoms with E-state index in [1.165, 1.54) is 5.56 Å². The SMILES string of the molecule is Cc1nn(Cc2ccccc2)c(Cl)c1CNCC1CN(C)CCO1. The average molecular weight is 349 g/mol. The van der Waals surface area contributed by atoms with E-state index >= 15 is 0 Å². The van der Waals surface area contributed by atoms with Crippen LogP contribution < -0.4 is 5.32 Å². The molecule has 130 valence electrons. The van der Waals surface area contributed by atoms with E-state index in [1.54, 1.807) is 0 Å². The molecule has 1 aliphatic rings. The van der Waals surface area contributed by atoms with Gasteiger partial charge in [-0.3, -0.25) is 0 Å². The highest BCUT2D eigenvalue weighted by atomic mass is 35.5. The summed E-state index contributed by atoms with van der Waals surface area (Å²) in [6, 6.07) is 10.2. The summed E-state index contributed by atoms with van der Waals surface area (Å²) in [5.41, 5.74) is 3.24. The van der Waals surface area contributed by atoms with Crippen molar-refractivity contribution < 1.29 is 4.74 Å². The Morgan fingerprint density at radius 2 is 2.12 bits per heavy atom. The molecule has 0 radical (unpaired) electrons. The first kappa shape index (κ1) is 17.4. The molecule has 5 nitrogen and oxygen atoms in total. The zero-order valence-electron chi connectivity index (χ0n) is 14.3. The molecule has 1 saturated heterocycles. The van der Waals surface area contributed by atoms with Gasteiger partial charge in [0.05, 0.1) is 24.9 Å². The summed E-state index contributed by atoms with van der Waals surface area (Å²) in [6.45, 7) is 7.01. The Bertz CT molecular complexity index is 659. The summed E-state index contributed by atoms with van der Waals surface area (Å²) in [4.78, 5) is 2.30. The van der Waals surface area contributed by atoms with E-state index in [9.17, 15) is 0 Å². The van der Waals surface area contributed by atoms with Crippen molar-refractivity contribution in [3.8, 4) is 0 Å². The molecule has 1 atom stereocenters. The van der Waals surface area contributed by atoms with E-state index in [0.29, 0.717) is 18.2 Å². The third-order valence-corrected chi connectivity index (χ3v) is 4.80. The van der Waals surface area contributed by atoms with E-state index in [0.717, 1.165) is 37.5 Å². The fourth-order valence-corrected chi connectivity index (χ4v) is 3.30. The average Bonchev–Trinajstić information content (AvgIpc) is 2.83. The van der Waals surface area contributed by atoms with Crippen molar-refractivity contribution in [3.63, 3.8) is 0 Å². The van der Waals surface area contributed by atoms with Crippen molar-refractivity contribution >= 4 is 11.6 Å². The smallest absolute Gasteiger partial charge is 0.132 e. The molecule has 1 unspecified atom stereocenters. The number of likely N-dealkylation sites (N-methyl/N-ethyl adjacent to an activating group) is 1. The number of aryl methyl sites for hydroxylation is 1. The molecule has 0 spiro atoms. The summed E-state index contributed by atoms with van der Waals surface area (Å²) in [5.74, 6) is 0. The molecule has 1 aromatic carbocycles. The number of nitrogens with zero attached hydrogens (tertiary/aromatic N) is 3. The fraction of sp³-hybridized carbons (Fsp3) is 0.500. The minimum absolute atomic E-state index is 0.238. The lowest BCUT2D eigenvalue weighted by Gasteiger charge is -2.30. The summed E-state index contributed by atoms with van der Waals surface area (Å²) in [7, 11) is 2.13. The van der Waals surface area contributed by atoms with Crippen molar-refractivity contribution in [2.45, 2.75) is 26.1 Å². The number of hydrogen-bond acceptors (Lipinski definition) is 4. The minimum Gasteiger partial charge on any atom is -0.374 e. The molecule has 1 aliphatic heterocycles. The van der Waals surface area contributed by atoms with Gasteiger partial charge >= 0.3 is 0 Å². The van der Waals surface area contributed by atoms with Gasteiger partial charge in [-0.2, -0.15) is 5.10 Å². The first-order valence-corrected chi connectivity index (χ1v) is 8.78. The summed E-state index contributed by atoms with van der Waals surface area (Å²) < 4.78 is 7.64. The van der Waals surface area contributed by atoms with E-state index in [4.69, 9.17) is 16.3 Å². The second-order valence-corrected chi connectivity index (χ2v) is 6.74. The van der Waals surface area contributed by atoms with Gasteiger partial charge in [0.2, 0.25) is 0 Å². The Labute approximate surface area is 148 Å². The number of benzene rings is 1. The van der Waals surface area contributed by atoms with Gasteiger partial charge in [0.15, 0.2) is 0 Å². The molecule has 0 saturated carbocycles. The van der Waals surface area contributed by atoms with E-state index in [1.807, 2.05) is 29.8 Å². The van der Waals surface area contributed by atoms with Crippen LogP contribution >= 0.6 is 11.6 Å². The van der Waals surface area contributed by atoms with Crippen molar-refractivity contribution in [3.05, 3.63) is 52.3 Å². The van der Waals surface area contributed by atoms with Crippen molar-refractivity contribution in [1.29, 1.82) is 0 Å². The number of morpholine rings is 1. The van der Waals surface area contributed by atoms with Crippen LogP contribution in [0.1, 0.15) is 16.8 Å². The largest absolute Gasteiger partial charge is 0.374 e. The lowest BCUT2D eigenvalue weighted by atomic mass is 10.2. The van der Waals surface area contributed by atoms with Crippen molar-refractivity contribution in [2.75, 3.05) is 33.3 Å². The van der Waals surface area contributed by atoms with E-state index in [-0.39, 0.29) is 6.10 Å². The lowest BCUT2D eigenvalue weighted by molar-refractivity contribution is -0.0182. The second-order valence-electron chi connectivity index (χ2n) is 6.38. The van der Waals surface area contributed by atoms with Crippen LogP contribution in [-0.4, -0.2) is 54.1 Å². The summed E-state index contributed by atoms with van der Waals surface area (Å²) in [5, 5.41) is 8.76. The standard InChI is InChI=1S/C18H25ClN4O/c1-14-17(11-20-10-16-13-22(2)8-9-24-16)18(19)23(21-14)12-15-6-4-3-5-7-15/h3-7,16,20H,8-13H2,1-2H3. The predicted octanol–water partition coefficient (Wildman–Crippen LogP) is 2.31. The van der Waals surface area contributed by atoms with E-state index in [2.05, 4.69) is 34.5 Å². The van der Waals surface area contributed by atoms with Gasteiger partial charge in [0.25, 0.3) is 0 Å². The third-order valence-electron chi connectivity index (χ3n) is 4.37. The Kier molecular flexibility index (Phi) is 5.89.